The maximum absolute atomic E-state index is 13.7. The number of hydrogen-bond acceptors (Lipinski definition) is 3. The van der Waals surface area contributed by atoms with Gasteiger partial charge in [-0.15, -0.1) is 0 Å². The summed E-state index contributed by atoms with van der Waals surface area (Å²) in [5.74, 6) is -2.36. The van der Waals surface area contributed by atoms with Gasteiger partial charge in [0.2, 0.25) is 5.95 Å². The summed E-state index contributed by atoms with van der Waals surface area (Å²) in [4.78, 5) is 3.80. The highest BCUT2D eigenvalue weighted by atomic mass is 19.4. The van der Waals surface area contributed by atoms with Crippen molar-refractivity contribution in [3.8, 4) is 0 Å². The molecule has 0 saturated heterocycles. The van der Waals surface area contributed by atoms with E-state index in [1.165, 1.54) is 6.07 Å². The van der Waals surface area contributed by atoms with Crippen molar-refractivity contribution >= 4 is 17.0 Å². The van der Waals surface area contributed by atoms with Crippen LogP contribution in [0.4, 0.5) is 27.9 Å². The number of alkyl halides is 3. The molecule has 0 radical (unpaired) electrons. The molecule has 0 atom stereocenters. The monoisotopic (exact) mass is 295 g/mol. The number of anilines is 1. The highest BCUT2D eigenvalue weighted by Gasteiger charge is 2.27. The van der Waals surface area contributed by atoms with Crippen LogP contribution in [0.1, 0.15) is 0 Å². The van der Waals surface area contributed by atoms with Crippen LogP contribution in [0.5, 0.6) is 0 Å². The van der Waals surface area contributed by atoms with Gasteiger partial charge in [0, 0.05) is 6.54 Å². The minimum Gasteiger partial charge on any atom is -0.370 e. The molecule has 1 aromatic heterocycles. The fraction of sp³-hybridized carbons (Fsp3) is 0.364. The maximum atomic E-state index is 13.7. The van der Waals surface area contributed by atoms with E-state index in [0.717, 1.165) is 10.6 Å². The van der Waals surface area contributed by atoms with Gasteiger partial charge in [-0.3, -0.25) is 0 Å². The van der Waals surface area contributed by atoms with Crippen molar-refractivity contribution < 1.29 is 26.7 Å². The van der Waals surface area contributed by atoms with Crippen LogP contribution in [0.25, 0.3) is 11.0 Å². The zero-order chi connectivity index (χ0) is 14.9. The summed E-state index contributed by atoms with van der Waals surface area (Å²) in [5.41, 5.74) is 5.45. The molecule has 0 saturated carbocycles. The fourth-order valence-electron chi connectivity index (χ4n) is 1.75. The van der Waals surface area contributed by atoms with E-state index in [-0.39, 0.29) is 30.1 Å². The second-order valence-electron chi connectivity index (χ2n) is 4.02. The number of halogens is 5. The van der Waals surface area contributed by atoms with Crippen LogP contribution < -0.4 is 5.73 Å². The van der Waals surface area contributed by atoms with E-state index in [1.807, 2.05) is 0 Å². The van der Waals surface area contributed by atoms with Crippen molar-refractivity contribution in [3.05, 3.63) is 23.8 Å². The van der Waals surface area contributed by atoms with Crippen LogP contribution in [0.3, 0.4) is 0 Å². The number of hydrogen-bond donors (Lipinski definition) is 1. The van der Waals surface area contributed by atoms with Gasteiger partial charge in [0.15, 0.2) is 11.6 Å². The molecule has 0 aliphatic carbocycles. The first-order chi connectivity index (χ1) is 9.29. The predicted molar refractivity (Wildman–Crippen MR) is 60.9 cm³/mol. The van der Waals surface area contributed by atoms with Gasteiger partial charge in [-0.25, -0.2) is 13.8 Å². The van der Waals surface area contributed by atoms with Gasteiger partial charge in [0.25, 0.3) is 0 Å². The Bertz CT molecular complexity index is 623. The molecule has 0 bridgehead atoms. The molecule has 0 aliphatic heterocycles. The standard InChI is InChI=1S/C11H10F5N3O/c12-6-1-2-7-9(8(6)13)19(10(17)18-7)3-4-20-5-11(14,15)16/h1-2H,3-5H2,(H2,17,18). The summed E-state index contributed by atoms with van der Waals surface area (Å²) >= 11 is 0. The molecule has 9 heteroatoms. The summed E-state index contributed by atoms with van der Waals surface area (Å²) in [5, 5.41) is 0. The van der Waals surface area contributed by atoms with Crippen molar-refractivity contribution in [2.75, 3.05) is 18.9 Å². The number of nitrogens with zero attached hydrogens (tertiary/aromatic N) is 2. The first-order valence-corrected chi connectivity index (χ1v) is 5.54. The number of nitrogens with two attached hydrogens (primary N) is 1. The Kier molecular flexibility index (Phi) is 3.80. The molecule has 4 nitrogen and oxygen atoms in total. The molecule has 110 valence electrons. The van der Waals surface area contributed by atoms with Crippen LogP contribution in [-0.4, -0.2) is 28.9 Å². The molecule has 0 unspecified atom stereocenters. The number of fused-ring (bicyclic) bond motifs is 1. The first kappa shape index (κ1) is 14.5. The van der Waals surface area contributed by atoms with Gasteiger partial charge < -0.3 is 15.0 Å². The van der Waals surface area contributed by atoms with E-state index in [4.69, 9.17) is 5.73 Å². The van der Waals surface area contributed by atoms with Gasteiger partial charge in [-0.2, -0.15) is 13.2 Å². The van der Waals surface area contributed by atoms with E-state index in [1.54, 1.807) is 0 Å². The zero-order valence-corrected chi connectivity index (χ0v) is 10.0. The highest BCUT2D eigenvalue weighted by molar-refractivity contribution is 5.79. The Morgan fingerprint density at radius 2 is 1.95 bits per heavy atom. The van der Waals surface area contributed by atoms with Crippen molar-refractivity contribution in [1.82, 2.24) is 9.55 Å². The van der Waals surface area contributed by atoms with E-state index in [2.05, 4.69) is 9.72 Å². The summed E-state index contributed by atoms with van der Waals surface area (Å²) in [6.45, 7) is -1.94. The minimum atomic E-state index is -4.44. The Balaban J connectivity index is 2.17. The van der Waals surface area contributed by atoms with Gasteiger partial charge >= 0.3 is 6.18 Å². The second kappa shape index (κ2) is 5.23. The number of ether oxygens (including phenoxy) is 1. The van der Waals surface area contributed by atoms with Crippen LogP contribution in [-0.2, 0) is 11.3 Å². The molecule has 0 fully saturated rings. The van der Waals surface area contributed by atoms with Crippen LogP contribution in [0.15, 0.2) is 12.1 Å². The summed E-state index contributed by atoms with van der Waals surface area (Å²) in [7, 11) is 0. The third-order valence-electron chi connectivity index (χ3n) is 2.55. The average molecular weight is 295 g/mol. The lowest BCUT2D eigenvalue weighted by molar-refractivity contribution is -0.174. The third kappa shape index (κ3) is 2.98. The number of nitrogen functional groups attached to an aromatic ring is 1. The average Bonchev–Trinajstić information content (AvgIpc) is 2.66. The number of aromatic nitrogens is 2. The van der Waals surface area contributed by atoms with Crippen LogP contribution in [0.2, 0.25) is 0 Å². The van der Waals surface area contributed by atoms with Crippen LogP contribution >= 0.6 is 0 Å². The lowest BCUT2D eigenvalue weighted by Gasteiger charge is -2.09. The first-order valence-electron chi connectivity index (χ1n) is 5.54. The second-order valence-corrected chi connectivity index (χ2v) is 4.02. The summed E-state index contributed by atoms with van der Waals surface area (Å²) in [6, 6.07) is 2.13. The van der Waals surface area contributed by atoms with Gasteiger partial charge in [0.1, 0.15) is 12.1 Å². The molecule has 1 aromatic carbocycles. The van der Waals surface area contributed by atoms with Gasteiger partial charge in [-0.05, 0) is 12.1 Å². The predicted octanol–water partition coefficient (Wildman–Crippen LogP) is 2.48. The van der Waals surface area contributed by atoms with Gasteiger partial charge in [-0.1, -0.05) is 0 Å². The van der Waals surface area contributed by atoms with Crippen molar-refractivity contribution in [2.45, 2.75) is 12.7 Å². The fourth-order valence-corrected chi connectivity index (χ4v) is 1.75. The number of imidazole rings is 1. The molecule has 2 N–H and O–H groups in total. The smallest absolute Gasteiger partial charge is 0.370 e. The molecule has 2 rings (SSSR count). The summed E-state index contributed by atoms with van der Waals surface area (Å²) < 4.78 is 68.0. The Labute approximate surface area is 109 Å². The molecule has 20 heavy (non-hydrogen) atoms. The quantitative estimate of drug-likeness (QED) is 0.696. The van der Waals surface area contributed by atoms with E-state index in [0.29, 0.717) is 0 Å². The zero-order valence-electron chi connectivity index (χ0n) is 10.0. The van der Waals surface area contributed by atoms with E-state index >= 15 is 0 Å². The summed E-state index contributed by atoms with van der Waals surface area (Å²) in [6.07, 6.45) is -4.44. The van der Waals surface area contributed by atoms with Crippen molar-refractivity contribution in [3.63, 3.8) is 0 Å². The third-order valence-corrected chi connectivity index (χ3v) is 2.55. The highest BCUT2D eigenvalue weighted by Crippen LogP contribution is 2.23. The normalized spacial score (nSPS) is 12.2. The Morgan fingerprint density at radius 1 is 1.25 bits per heavy atom. The molecule has 2 aromatic rings. The topological polar surface area (TPSA) is 53.1 Å². The Morgan fingerprint density at radius 3 is 2.60 bits per heavy atom. The van der Waals surface area contributed by atoms with Crippen molar-refractivity contribution in [2.24, 2.45) is 0 Å². The SMILES string of the molecule is Nc1nc2ccc(F)c(F)c2n1CCOCC(F)(F)F. The van der Waals surface area contributed by atoms with Crippen LogP contribution in [0, 0.1) is 11.6 Å². The lowest BCUT2D eigenvalue weighted by Crippen LogP contribution is -2.19. The van der Waals surface area contributed by atoms with E-state index in [9.17, 15) is 22.0 Å². The Hall–Kier alpha value is -1.90. The molecule has 0 amide bonds. The molecule has 0 spiro atoms. The maximum Gasteiger partial charge on any atom is 0.411 e. The molecule has 0 aliphatic rings. The van der Waals surface area contributed by atoms with E-state index < -0.39 is 24.4 Å². The molecular formula is C11H10F5N3O. The van der Waals surface area contributed by atoms with Crippen molar-refractivity contribution in [1.29, 1.82) is 0 Å². The molecular weight excluding hydrogens is 285 g/mol. The number of benzene rings is 1. The minimum absolute atomic E-state index is 0.122. The lowest BCUT2D eigenvalue weighted by atomic mass is 10.3. The van der Waals surface area contributed by atoms with Gasteiger partial charge in [0.05, 0.1) is 12.1 Å². The largest absolute Gasteiger partial charge is 0.411 e. The number of rotatable bonds is 4. The molecule has 1 heterocycles.